The third-order valence-corrected chi connectivity index (χ3v) is 4.54. The molecule has 1 aliphatic rings. The van der Waals surface area contributed by atoms with E-state index in [-0.39, 0.29) is 12.0 Å². The molecule has 2 aromatic carbocycles. The van der Waals surface area contributed by atoms with E-state index in [9.17, 15) is 4.79 Å². The van der Waals surface area contributed by atoms with E-state index in [1.807, 2.05) is 48.5 Å². The van der Waals surface area contributed by atoms with Crippen LogP contribution in [0.3, 0.4) is 0 Å². The zero-order valence-electron chi connectivity index (χ0n) is 14.7. The van der Waals surface area contributed by atoms with E-state index in [1.165, 1.54) is 23.8 Å². The van der Waals surface area contributed by atoms with Crippen molar-refractivity contribution in [3.8, 4) is 0 Å². The van der Waals surface area contributed by atoms with Crippen LogP contribution < -0.4 is 0 Å². The van der Waals surface area contributed by atoms with Crippen molar-refractivity contribution < 1.29 is 9.53 Å². The number of carbonyl (C=O) groups is 1. The monoisotopic (exact) mass is 333 g/mol. The summed E-state index contributed by atoms with van der Waals surface area (Å²) in [6.07, 6.45) is 4.39. The van der Waals surface area contributed by atoms with Crippen molar-refractivity contribution >= 4 is 12.0 Å². The topological polar surface area (TPSA) is 29.5 Å². The summed E-state index contributed by atoms with van der Waals surface area (Å²) < 4.78 is 5.05. The Hall–Kier alpha value is -2.65. The first-order valence-corrected chi connectivity index (χ1v) is 8.48. The minimum atomic E-state index is -0.371. The summed E-state index contributed by atoms with van der Waals surface area (Å²) in [4.78, 5) is 14.5. The number of esters is 1. The summed E-state index contributed by atoms with van der Waals surface area (Å²) in [5.74, 6) is -0.217. The van der Waals surface area contributed by atoms with Crippen LogP contribution in [0.4, 0.5) is 0 Å². The highest BCUT2D eigenvalue weighted by Gasteiger charge is 2.31. The first-order chi connectivity index (χ1) is 12.2. The fourth-order valence-corrected chi connectivity index (χ4v) is 3.19. The van der Waals surface area contributed by atoms with E-state index in [0.717, 1.165) is 18.7 Å². The average molecular weight is 333 g/mol. The maximum absolute atomic E-state index is 12.4. The van der Waals surface area contributed by atoms with Crippen molar-refractivity contribution in [2.75, 3.05) is 20.2 Å². The SMILES string of the molecule is COC(=O)[C@H](c1ccccc1)N1CC=C(/C(C)=C/c2ccccc2)C1. The molecule has 0 saturated carbocycles. The lowest BCUT2D eigenvalue weighted by Gasteiger charge is -2.26. The van der Waals surface area contributed by atoms with Crippen LogP contribution in [-0.2, 0) is 9.53 Å². The Balaban J connectivity index is 1.77. The Morgan fingerprint density at radius 1 is 1.08 bits per heavy atom. The highest BCUT2D eigenvalue weighted by Crippen LogP contribution is 2.29. The van der Waals surface area contributed by atoms with Crippen molar-refractivity contribution in [2.24, 2.45) is 0 Å². The van der Waals surface area contributed by atoms with E-state index < -0.39 is 0 Å². The number of ether oxygens (including phenoxy) is 1. The van der Waals surface area contributed by atoms with Gasteiger partial charge in [0.2, 0.25) is 0 Å². The van der Waals surface area contributed by atoms with Crippen LogP contribution >= 0.6 is 0 Å². The fraction of sp³-hybridized carbons (Fsp3) is 0.227. The molecule has 0 bridgehead atoms. The maximum atomic E-state index is 12.4. The van der Waals surface area contributed by atoms with Crippen molar-refractivity contribution in [2.45, 2.75) is 13.0 Å². The number of rotatable bonds is 5. The van der Waals surface area contributed by atoms with Crippen molar-refractivity contribution in [3.05, 3.63) is 89.0 Å². The van der Waals surface area contributed by atoms with Gasteiger partial charge in [0.25, 0.3) is 0 Å². The summed E-state index contributed by atoms with van der Waals surface area (Å²) in [5, 5.41) is 0. The summed E-state index contributed by atoms with van der Waals surface area (Å²) >= 11 is 0. The zero-order chi connectivity index (χ0) is 17.6. The fourth-order valence-electron chi connectivity index (χ4n) is 3.19. The Kier molecular flexibility index (Phi) is 5.46. The number of hydrogen-bond donors (Lipinski definition) is 0. The van der Waals surface area contributed by atoms with Gasteiger partial charge in [-0.1, -0.05) is 72.8 Å². The van der Waals surface area contributed by atoms with Crippen LogP contribution in [0.5, 0.6) is 0 Å². The predicted molar refractivity (Wildman–Crippen MR) is 101 cm³/mol. The molecule has 1 atom stereocenters. The van der Waals surface area contributed by atoms with Crippen LogP contribution in [0, 0.1) is 0 Å². The second-order valence-electron chi connectivity index (χ2n) is 6.23. The number of nitrogens with zero attached hydrogens (tertiary/aromatic N) is 1. The van der Waals surface area contributed by atoms with Crippen LogP contribution in [-0.4, -0.2) is 31.1 Å². The molecule has 0 radical (unpaired) electrons. The van der Waals surface area contributed by atoms with Gasteiger partial charge < -0.3 is 4.74 Å². The van der Waals surface area contributed by atoms with Gasteiger partial charge in [-0.25, -0.2) is 4.79 Å². The smallest absolute Gasteiger partial charge is 0.327 e. The molecule has 3 nitrogen and oxygen atoms in total. The van der Waals surface area contributed by atoms with Crippen LogP contribution in [0.15, 0.2) is 77.9 Å². The van der Waals surface area contributed by atoms with Gasteiger partial charge in [-0.2, -0.15) is 0 Å². The minimum absolute atomic E-state index is 0.217. The highest BCUT2D eigenvalue weighted by molar-refractivity contribution is 5.78. The Morgan fingerprint density at radius 3 is 2.36 bits per heavy atom. The minimum Gasteiger partial charge on any atom is -0.468 e. The van der Waals surface area contributed by atoms with Gasteiger partial charge in [-0.3, -0.25) is 4.90 Å². The lowest BCUT2D eigenvalue weighted by Crippen LogP contribution is -2.33. The van der Waals surface area contributed by atoms with Gasteiger partial charge in [0, 0.05) is 13.1 Å². The number of carbonyl (C=O) groups excluding carboxylic acids is 1. The first-order valence-electron chi connectivity index (χ1n) is 8.48. The van der Waals surface area contributed by atoms with Gasteiger partial charge in [0.1, 0.15) is 6.04 Å². The summed E-state index contributed by atoms with van der Waals surface area (Å²) in [6.45, 7) is 3.60. The third-order valence-electron chi connectivity index (χ3n) is 4.54. The third kappa shape index (κ3) is 4.06. The van der Waals surface area contributed by atoms with Crippen molar-refractivity contribution in [1.29, 1.82) is 0 Å². The molecule has 3 heteroatoms. The quantitative estimate of drug-likeness (QED) is 0.766. The molecule has 0 unspecified atom stereocenters. The Bertz CT molecular complexity index is 778. The lowest BCUT2D eigenvalue weighted by atomic mass is 10.0. The van der Waals surface area contributed by atoms with E-state index in [1.54, 1.807) is 0 Å². The molecule has 1 heterocycles. The second-order valence-corrected chi connectivity index (χ2v) is 6.23. The molecule has 0 amide bonds. The zero-order valence-corrected chi connectivity index (χ0v) is 14.7. The molecule has 0 N–H and O–H groups in total. The molecule has 0 saturated heterocycles. The van der Waals surface area contributed by atoms with Crippen molar-refractivity contribution in [3.63, 3.8) is 0 Å². The van der Waals surface area contributed by atoms with Crippen LogP contribution in [0.25, 0.3) is 6.08 Å². The van der Waals surface area contributed by atoms with Gasteiger partial charge in [0.15, 0.2) is 0 Å². The maximum Gasteiger partial charge on any atom is 0.327 e. The average Bonchev–Trinajstić information content (AvgIpc) is 3.13. The number of hydrogen-bond acceptors (Lipinski definition) is 3. The van der Waals surface area contributed by atoms with Crippen LogP contribution in [0.1, 0.15) is 24.1 Å². The molecule has 25 heavy (non-hydrogen) atoms. The summed E-state index contributed by atoms with van der Waals surface area (Å²) in [6, 6.07) is 19.7. The molecular formula is C22H23NO2. The molecule has 0 aromatic heterocycles. The van der Waals surface area contributed by atoms with E-state index in [0.29, 0.717) is 0 Å². The second kappa shape index (κ2) is 7.95. The molecule has 3 rings (SSSR count). The normalized spacial score (nSPS) is 16.4. The highest BCUT2D eigenvalue weighted by atomic mass is 16.5. The molecular weight excluding hydrogens is 310 g/mol. The molecule has 0 spiro atoms. The molecule has 0 fully saturated rings. The molecule has 2 aromatic rings. The number of benzene rings is 2. The Morgan fingerprint density at radius 2 is 1.72 bits per heavy atom. The van der Waals surface area contributed by atoms with Gasteiger partial charge >= 0.3 is 5.97 Å². The predicted octanol–water partition coefficient (Wildman–Crippen LogP) is 4.25. The Labute approximate surface area is 149 Å². The summed E-state index contributed by atoms with van der Waals surface area (Å²) in [5.41, 5.74) is 4.64. The summed E-state index contributed by atoms with van der Waals surface area (Å²) in [7, 11) is 1.45. The van der Waals surface area contributed by atoms with E-state index >= 15 is 0 Å². The van der Waals surface area contributed by atoms with Gasteiger partial charge in [-0.05, 0) is 29.2 Å². The van der Waals surface area contributed by atoms with Crippen molar-refractivity contribution in [1.82, 2.24) is 4.90 Å². The standard InChI is InChI=1S/C22H23NO2/c1-17(15-18-9-5-3-6-10-18)20-13-14-23(16-20)21(22(24)25-2)19-11-7-4-8-12-19/h3-13,15,21H,14,16H2,1-2H3/b17-15+/t21-/m0/s1. The molecule has 128 valence electrons. The number of methoxy groups -OCH3 is 1. The van der Waals surface area contributed by atoms with E-state index in [2.05, 4.69) is 36.1 Å². The largest absolute Gasteiger partial charge is 0.468 e. The van der Waals surface area contributed by atoms with E-state index in [4.69, 9.17) is 4.74 Å². The first kappa shape index (κ1) is 17.2. The molecule has 1 aliphatic heterocycles. The van der Waals surface area contributed by atoms with Gasteiger partial charge in [0.05, 0.1) is 7.11 Å². The lowest BCUT2D eigenvalue weighted by molar-refractivity contribution is -0.146. The van der Waals surface area contributed by atoms with Crippen LogP contribution in [0.2, 0.25) is 0 Å². The molecule has 0 aliphatic carbocycles. The van der Waals surface area contributed by atoms with Gasteiger partial charge in [-0.15, -0.1) is 0 Å².